The maximum absolute atomic E-state index is 2.43. The Hall–Kier alpha value is -15.6. The number of aromatic nitrogens is 4. The number of fused-ring (bicyclic) bond motifs is 22. The lowest BCUT2D eigenvalue weighted by atomic mass is 9.92. The molecule has 4 nitrogen and oxygen atoms in total. The highest BCUT2D eigenvalue weighted by Gasteiger charge is 2.23. The molecule has 0 bridgehead atoms. The van der Waals surface area contributed by atoms with Crippen LogP contribution in [-0.2, 0) is 0 Å². The van der Waals surface area contributed by atoms with Gasteiger partial charge >= 0.3 is 0 Å². The molecule has 0 aliphatic carbocycles. The molecule has 4 heteroatoms. The summed E-state index contributed by atoms with van der Waals surface area (Å²) in [6.45, 7) is 0. The van der Waals surface area contributed by atoms with Crippen LogP contribution in [0.5, 0.6) is 0 Å². The minimum atomic E-state index is 1.14. The van der Waals surface area contributed by atoms with E-state index in [1.165, 1.54) is 225 Å². The van der Waals surface area contributed by atoms with Crippen molar-refractivity contribution in [2.24, 2.45) is 0 Å². The fraction of sp³-hybridized carbons (Fsp3) is 0. The van der Waals surface area contributed by atoms with Gasteiger partial charge in [0.25, 0.3) is 0 Å². The van der Waals surface area contributed by atoms with Gasteiger partial charge in [0.1, 0.15) is 0 Å². The van der Waals surface area contributed by atoms with E-state index in [1.807, 2.05) is 0 Å². The largest absolute Gasteiger partial charge is 0.309 e. The monoisotopic (exact) mass is 1500 g/mol. The number of benzene rings is 21. The van der Waals surface area contributed by atoms with Gasteiger partial charge in [-0.05, 0) is 254 Å². The fourth-order valence-corrected chi connectivity index (χ4v) is 19.5. The molecular formula is C114H72N4. The Morgan fingerprint density at radius 1 is 0.119 bits per heavy atom. The highest BCUT2D eigenvalue weighted by atomic mass is 15.0. The Labute approximate surface area is 680 Å². The van der Waals surface area contributed by atoms with Crippen molar-refractivity contribution in [2.45, 2.75) is 0 Å². The van der Waals surface area contributed by atoms with E-state index in [2.05, 4.69) is 455 Å². The summed E-state index contributed by atoms with van der Waals surface area (Å²) in [5.41, 5.74) is 26.6. The molecule has 21 aromatic carbocycles. The zero-order valence-corrected chi connectivity index (χ0v) is 64.4. The molecule has 0 amide bonds. The number of hydrogen-bond acceptors (Lipinski definition) is 0. The van der Waals surface area contributed by atoms with Crippen molar-refractivity contribution < 1.29 is 0 Å². The summed E-state index contributed by atoms with van der Waals surface area (Å²) in [4.78, 5) is 0. The Bertz CT molecular complexity index is 8380. The van der Waals surface area contributed by atoms with Gasteiger partial charge in [0.15, 0.2) is 0 Å². The minimum absolute atomic E-state index is 1.14. The number of rotatable bonds is 9. The molecule has 548 valence electrons. The molecular weight excluding hydrogens is 1430 g/mol. The second kappa shape index (κ2) is 27.0. The molecule has 0 atom stereocenters. The third-order valence-electron chi connectivity index (χ3n) is 24.9. The van der Waals surface area contributed by atoms with Gasteiger partial charge in [0, 0.05) is 65.8 Å². The molecule has 4 aromatic heterocycles. The molecule has 0 fully saturated rings. The maximum Gasteiger partial charge on any atom is 0.0547 e. The summed E-state index contributed by atoms with van der Waals surface area (Å²) >= 11 is 0. The van der Waals surface area contributed by atoms with Crippen LogP contribution in [0.2, 0.25) is 0 Å². The minimum Gasteiger partial charge on any atom is -0.309 e. The summed E-state index contributed by atoms with van der Waals surface area (Å²) in [6.07, 6.45) is 0. The van der Waals surface area contributed by atoms with Gasteiger partial charge in [0.2, 0.25) is 0 Å². The predicted molar refractivity (Wildman–Crippen MR) is 502 cm³/mol. The average molecular weight is 1500 g/mol. The van der Waals surface area contributed by atoms with E-state index in [4.69, 9.17) is 0 Å². The highest BCUT2D eigenvalue weighted by molar-refractivity contribution is 6.32. The van der Waals surface area contributed by atoms with E-state index in [0.717, 1.165) is 5.69 Å². The van der Waals surface area contributed by atoms with Gasteiger partial charge in [-0.3, -0.25) is 0 Å². The van der Waals surface area contributed by atoms with E-state index in [9.17, 15) is 0 Å². The predicted octanol–water partition coefficient (Wildman–Crippen LogP) is 31.0. The highest BCUT2D eigenvalue weighted by Crippen LogP contribution is 2.47. The topological polar surface area (TPSA) is 19.7 Å². The smallest absolute Gasteiger partial charge is 0.0547 e. The van der Waals surface area contributed by atoms with Gasteiger partial charge < -0.3 is 18.3 Å². The summed E-state index contributed by atoms with van der Waals surface area (Å²) in [5, 5.41) is 25.4. The van der Waals surface area contributed by atoms with Crippen molar-refractivity contribution in [1.29, 1.82) is 0 Å². The van der Waals surface area contributed by atoms with Crippen LogP contribution in [0.15, 0.2) is 437 Å². The number of para-hydroxylation sites is 5. The van der Waals surface area contributed by atoms with Crippen molar-refractivity contribution in [1.82, 2.24) is 18.3 Å². The lowest BCUT2D eigenvalue weighted by Crippen LogP contribution is -1.94. The molecule has 0 saturated heterocycles. The van der Waals surface area contributed by atoms with Crippen LogP contribution in [0.25, 0.3) is 230 Å². The van der Waals surface area contributed by atoms with Gasteiger partial charge in [0.05, 0.1) is 44.1 Å². The lowest BCUT2D eigenvalue weighted by Gasteiger charge is -2.13. The molecule has 0 spiro atoms. The first-order valence-corrected chi connectivity index (χ1v) is 40.8. The standard InChI is InChI=1S/C60H38N2.C54H34N2/c1-3-13-39(14-4-1)42-16-11-17-43(35-42)44-27-32-52-51-22-9-10-24-55(51)61(58(52)38-44)48-30-25-41(26-31-48)49-23-12-18-45-37-54-46(36-53(45)49)29-34-57-60(54)59-50-21-8-7-15-40(50)28-33-56(59)62(57)47-19-5-2-6-20-47;1-3-14-41(15-4-1)55-49-21-10-9-19-45(49)48-32-38(27-29-50(48)55)35-22-24-37(25-23-35)43-20-11-13-39-34-47-40(33-46(39)43)28-31-52-54(47)53-44-18-8-7-12-36(44)26-30-51(53)56(52)42-16-5-2-6-17-42/h1-38H;1-34H. The van der Waals surface area contributed by atoms with Crippen LogP contribution in [0.1, 0.15) is 0 Å². The summed E-state index contributed by atoms with van der Waals surface area (Å²) in [6, 6.07) is 160. The van der Waals surface area contributed by atoms with Crippen LogP contribution in [-0.4, -0.2) is 18.3 Å². The molecule has 4 heterocycles. The van der Waals surface area contributed by atoms with E-state index < -0.39 is 0 Å². The average Bonchev–Trinajstić information content (AvgIpc) is 1.57. The zero-order chi connectivity index (χ0) is 77.5. The summed E-state index contributed by atoms with van der Waals surface area (Å²) in [5.74, 6) is 0. The van der Waals surface area contributed by atoms with Gasteiger partial charge in [-0.25, -0.2) is 0 Å². The Kier molecular flexibility index (Phi) is 15.3. The van der Waals surface area contributed by atoms with E-state index in [0.29, 0.717) is 0 Å². The Morgan fingerprint density at radius 2 is 0.415 bits per heavy atom. The van der Waals surface area contributed by atoms with E-state index >= 15 is 0 Å². The molecule has 0 radical (unpaired) electrons. The third kappa shape index (κ3) is 10.7. The van der Waals surface area contributed by atoms with Crippen LogP contribution < -0.4 is 0 Å². The van der Waals surface area contributed by atoms with Crippen LogP contribution in [0.4, 0.5) is 0 Å². The molecule has 25 aromatic rings. The Morgan fingerprint density at radius 3 is 0.941 bits per heavy atom. The van der Waals surface area contributed by atoms with Crippen molar-refractivity contribution in [3.63, 3.8) is 0 Å². The molecule has 25 rings (SSSR count). The van der Waals surface area contributed by atoms with Crippen molar-refractivity contribution in [2.75, 3.05) is 0 Å². The third-order valence-corrected chi connectivity index (χ3v) is 24.9. The lowest BCUT2D eigenvalue weighted by molar-refractivity contribution is 1.18. The van der Waals surface area contributed by atoms with Crippen LogP contribution in [0.3, 0.4) is 0 Å². The molecule has 0 aliphatic rings. The van der Waals surface area contributed by atoms with E-state index in [-0.39, 0.29) is 0 Å². The molecule has 0 N–H and O–H groups in total. The first kappa shape index (κ1) is 66.9. The molecule has 0 saturated carbocycles. The van der Waals surface area contributed by atoms with Crippen LogP contribution in [0, 0.1) is 0 Å². The number of nitrogens with zero attached hydrogens (tertiary/aromatic N) is 4. The van der Waals surface area contributed by atoms with E-state index in [1.54, 1.807) is 0 Å². The normalized spacial score (nSPS) is 11.9. The molecule has 118 heavy (non-hydrogen) atoms. The van der Waals surface area contributed by atoms with Gasteiger partial charge in [-0.2, -0.15) is 0 Å². The van der Waals surface area contributed by atoms with Crippen molar-refractivity contribution in [3.05, 3.63) is 437 Å². The van der Waals surface area contributed by atoms with Crippen LogP contribution >= 0.6 is 0 Å². The van der Waals surface area contributed by atoms with Gasteiger partial charge in [-0.15, -0.1) is 0 Å². The second-order valence-electron chi connectivity index (χ2n) is 31.4. The van der Waals surface area contributed by atoms with Crippen molar-refractivity contribution >= 4 is 152 Å². The summed E-state index contributed by atoms with van der Waals surface area (Å²) < 4.78 is 9.66. The molecule has 0 aliphatic heterocycles. The first-order valence-electron chi connectivity index (χ1n) is 40.8. The fourth-order valence-electron chi connectivity index (χ4n) is 19.5. The molecule has 0 unspecified atom stereocenters. The zero-order valence-electron chi connectivity index (χ0n) is 64.4. The van der Waals surface area contributed by atoms with Gasteiger partial charge in [-0.1, -0.05) is 303 Å². The first-order chi connectivity index (χ1) is 58.5. The quantitative estimate of drug-likeness (QED) is 0.128. The SMILES string of the molecule is c1ccc(-c2cccc(-c3ccc4c5ccccc5n(-c5ccc(-c6cccc7cc8c(ccc9c8c8c%10ccccc%10ccc8n9-c8ccccc8)cc67)cc5)c4c3)c2)cc1.c1ccc(-n2c3ccccc3c3cc(-c4ccc(-c5cccc6cc7c(ccc8c7c7c9ccccc9ccc7n8-c7ccccc7)cc56)cc4)ccc32)cc1. The summed E-state index contributed by atoms with van der Waals surface area (Å²) in [7, 11) is 0. The second-order valence-corrected chi connectivity index (χ2v) is 31.4. The number of hydrogen-bond donors (Lipinski definition) is 0. The maximum atomic E-state index is 2.43. The van der Waals surface area contributed by atoms with Crippen molar-refractivity contribution in [3.8, 4) is 78.4 Å². The Balaban J connectivity index is 0.000000135.